The third-order valence-electron chi connectivity index (χ3n) is 9.84. The van der Waals surface area contributed by atoms with E-state index in [-0.39, 0.29) is 28.8 Å². The van der Waals surface area contributed by atoms with Gasteiger partial charge in [-0.25, -0.2) is 4.79 Å². The zero-order chi connectivity index (χ0) is 22.7. The van der Waals surface area contributed by atoms with Crippen molar-refractivity contribution in [3.8, 4) is 0 Å². The van der Waals surface area contributed by atoms with E-state index in [0.717, 1.165) is 35.7 Å². The van der Waals surface area contributed by atoms with E-state index < -0.39 is 0 Å². The zero-order valence-corrected chi connectivity index (χ0v) is 21.7. The molecule has 0 spiro atoms. The highest BCUT2D eigenvalue weighted by Gasteiger charge is 2.60. The highest BCUT2D eigenvalue weighted by atomic mass is 127. The van der Waals surface area contributed by atoms with Crippen molar-refractivity contribution in [2.75, 3.05) is 0 Å². The summed E-state index contributed by atoms with van der Waals surface area (Å²) >= 11 is 2.25. The molecular weight excluding hydrogens is 511 g/mol. The molecule has 1 unspecified atom stereocenters. The Bertz CT molecular complexity index is 967. The lowest BCUT2D eigenvalue weighted by atomic mass is 9.48. The summed E-state index contributed by atoms with van der Waals surface area (Å²) in [5.74, 6) is 2.10. The molecule has 0 aliphatic heterocycles. The minimum Gasteiger partial charge on any atom is -0.458 e. The maximum absolute atomic E-state index is 13.1. The lowest BCUT2D eigenvalue weighted by Gasteiger charge is -2.58. The predicted octanol–water partition coefficient (Wildman–Crippen LogP) is 6.98. The number of rotatable bonds is 3. The van der Waals surface area contributed by atoms with E-state index in [1.807, 2.05) is 24.3 Å². The van der Waals surface area contributed by atoms with Crippen molar-refractivity contribution in [1.82, 2.24) is 0 Å². The van der Waals surface area contributed by atoms with Gasteiger partial charge >= 0.3 is 5.97 Å². The second-order valence-corrected chi connectivity index (χ2v) is 12.5. The van der Waals surface area contributed by atoms with Crippen LogP contribution in [-0.2, 0) is 9.53 Å². The van der Waals surface area contributed by atoms with Gasteiger partial charge < -0.3 is 4.74 Å². The summed E-state index contributed by atoms with van der Waals surface area (Å²) in [6.45, 7) is 6.55. The molecular formula is C28H35IO3. The van der Waals surface area contributed by atoms with Crippen molar-refractivity contribution in [2.45, 2.75) is 78.2 Å². The quantitative estimate of drug-likeness (QED) is 0.233. The van der Waals surface area contributed by atoms with Gasteiger partial charge in [0.1, 0.15) is 11.9 Å². The second kappa shape index (κ2) is 8.25. The number of halogens is 1. The first-order valence-electron chi connectivity index (χ1n) is 12.4. The van der Waals surface area contributed by atoms with Crippen LogP contribution < -0.4 is 0 Å². The summed E-state index contributed by atoms with van der Waals surface area (Å²) in [7, 11) is 0. The van der Waals surface area contributed by atoms with Gasteiger partial charge in [-0.05, 0) is 122 Å². The van der Waals surface area contributed by atoms with Crippen LogP contribution in [0.25, 0.3) is 0 Å². The fourth-order valence-electron chi connectivity index (χ4n) is 8.21. The van der Waals surface area contributed by atoms with Crippen LogP contribution >= 0.6 is 22.6 Å². The van der Waals surface area contributed by atoms with Gasteiger partial charge in [-0.1, -0.05) is 31.6 Å². The van der Waals surface area contributed by atoms with Gasteiger partial charge in [0.25, 0.3) is 0 Å². The third kappa shape index (κ3) is 3.42. The van der Waals surface area contributed by atoms with Crippen molar-refractivity contribution in [3.63, 3.8) is 0 Å². The Morgan fingerprint density at radius 3 is 2.62 bits per heavy atom. The maximum atomic E-state index is 13.1. The standard InChI is InChI=1S/C28H35IO3/c1-17(30)22-12-13-23-21-11-10-19-7-5-9-25(28(19,3)24(21)14-15-27(22,23)2)32-26(31)18-6-4-8-20(29)16-18/h4,6,8,14,16,19,21-23,25H,5,7,9-13,15H2,1-3H3/t19-,21+,22-,23+,25?,27-,28+/m1/s1. The molecule has 4 aliphatic rings. The Morgan fingerprint density at radius 1 is 1.06 bits per heavy atom. The molecule has 0 N–H and O–H groups in total. The molecule has 0 bridgehead atoms. The molecule has 0 aromatic heterocycles. The SMILES string of the molecule is CC(=O)[C@H]1CC[C@H]2[C@@H]3CC[C@H]4CCCC(OC(=O)c5cccc(I)c5)[C@]4(C)C3=CC[C@]12C. The number of esters is 1. The topological polar surface area (TPSA) is 43.4 Å². The van der Waals surface area contributed by atoms with Crippen LogP contribution in [-0.4, -0.2) is 17.9 Å². The van der Waals surface area contributed by atoms with Gasteiger partial charge in [-0.15, -0.1) is 0 Å². The Balaban J connectivity index is 1.46. The van der Waals surface area contributed by atoms with Gasteiger partial charge in [-0.3, -0.25) is 4.79 Å². The average Bonchev–Trinajstić information content (AvgIpc) is 3.12. The minimum absolute atomic E-state index is 0.0602. The van der Waals surface area contributed by atoms with Gasteiger partial charge in [0, 0.05) is 14.9 Å². The normalized spacial score (nSPS) is 40.5. The van der Waals surface area contributed by atoms with Crippen molar-refractivity contribution < 1.29 is 14.3 Å². The first kappa shape index (κ1) is 22.6. The van der Waals surface area contributed by atoms with E-state index in [1.54, 1.807) is 12.5 Å². The van der Waals surface area contributed by atoms with Gasteiger partial charge in [0.2, 0.25) is 0 Å². The summed E-state index contributed by atoms with van der Waals surface area (Å²) < 4.78 is 7.37. The number of benzene rings is 1. The van der Waals surface area contributed by atoms with Crippen LogP contribution in [0, 0.1) is 38.1 Å². The number of carbonyl (C=O) groups excluding carboxylic acids is 2. The molecule has 4 heteroatoms. The van der Waals surface area contributed by atoms with Crippen molar-refractivity contribution in [2.24, 2.45) is 34.5 Å². The molecule has 3 saturated carbocycles. The lowest BCUT2D eigenvalue weighted by Crippen LogP contribution is -2.53. The molecule has 0 saturated heterocycles. The van der Waals surface area contributed by atoms with E-state index in [1.165, 1.54) is 19.3 Å². The Hall–Kier alpha value is -1.17. The molecule has 0 amide bonds. The molecule has 32 heavy (non-hydrogen) atoms. The molecule has 7 atom stereocenters. The van der Waals surface area contributed by atoms with E-state index in [4.69, 9.17) is 4.74 Å². The van der Waals surface area contributed by atoms with E-state index in [9.17, 15) is 9.59 Å². The number of ketones is 1. The summed E-state index contributed by atoms with van der Waals surface area (Å²) in [5.41, 5.74) is 2.24. The highest BCUT2D eigenvalue weighted by molar-refractivity contribution is 14.1. The van der Waals surface area contributed by atoms with Crippen LogP contribution in [0.4, 0.5) is 0 Å². The summed E-state index contributed by atoms with van der Waals surface area (Å²) in [5, 5.41) is 0. The molecule has 1 aromatic carbocycles. The van der Waals surface area contributed by atoms with Gasteiger partial charge in [-0.2, -0.15) is 0 Å². The lowest BCUT2D eigenvalue weighted by molar-refractivity contribution is -0.125. The molecule has 5 rings (SSSR count). The van der Waals surface area contributed by atoms with Gasteiger partial charge in [0.15, 0.2) is 0 Å². The van der Waals surface area contributed by atoms with Crippen molar-refractivity contribution in [3.05, 3.63) is 45.0 Å². The summed E-state index contributed by atoms with van der Waals surface area (Å²) in [4.78, 5) is 25.5. The molecule has 3 fully saturated rings. The second-order valence-electron chi connectivity index (χ2n) is 11.2. The fraction of sp³-hybridized carbons (Fsp3) is 0.643. The number of allylic oxidation sites excluding steroid dienone is 1. The molecule has 4 aliphatic carbocycles. The maximum Gasteiger partial charge on any atom is 0.338 e. The number of Topliss-reactive ketones (excluding diaryl/α,β-unsaturated/α-hetero) is 1. The van der Waals surface area contributed by atoms with Crippen molar-refractivity contribution in [1.29, 1.82) is 0 Å². The molecule has 172 valence electrons. The number of carbonyl (C=O) groups is 2. The van der Waals surface area contributed by atoms with Gasteiger partial charge in [0.05, 0.1) is 5.56 Å². The van der Waals surface area contributed by atoms with E-state index in [2.05, 4.69) is 42.5 Å². The van der Waals surface area contributed by atoms with E-state index in [0.29, 0.717) is 29.1 Å². The van der Waals surface area contributed by atoms with Crippen LogP contribution in [0.3, 0.4) is 0 Å². The molecule has 0 heterocycles. The number of hydrogen-bond acceptors (Lipinski definition) is 3. The molecule has 0 radical (unpaired) electrons. The first-order valence-corrected chi connectivity index (χ1v) is 13.5. The fourth-order valence-corrected chi connectivity index (χ4v) is 8.76. The smallest absolute Gasteiger partial charge is 0.338 e. The van der Waals surface area contributed by atoms with Crippen LogP contribution in [0.1, 0.15) is 82.5 Å². The number of hydrogen-bond donors (Lipinski definition) is 0. The Morgan fingerprint density at radius 2 is 1.88 bits per heavy atom. The van der Waals surface area contributed by atoms with Crippen molar-refractivity contribution >= 4 is 34.3 Å². The monoisotopic (exact) mass is 546 g/mol. The average molecular weight is 546 g/mol. The first-order chi connectivity index (χ1) is 15.2. The number of ether oxygens (including phenoxy) is 1. The Labute approximate surface area is 205 Å². The number of fused-ring (bicyclic) bond motifs is 5. The Kier molecular flexibility index (Phi) is 5.83. The third-order valence-corrected chi connectivity index (χ3v) is 10.5. The van der Waals surface area contributed by atoms with Crippen LogP contribution in [0.5, 0.6) is 0 Å². The largest absolute Gasteiger partial charge is 0.458 e. The highest BCUT2D eigenvalue weighted by Crippen LogP contribution is 2.65. The summed E-state index contributed by atoms with van der Waals surface area (Å²) in [6, 6.07) is 7.71. The molecule has 1 aromatic rings. The van der Waals surface area contributed by atoms with E-state index >= 15 is 0 Å². The van der Waals surface area contributed by atoms with Crippen LogP contribution in [0.2, 0.25) is 0 Å². The predicted molar refractivity (Wildman–Crippen MR) is 134 cm³/mol. The van der Waals surface area contributed by atoms with Crippen LogP contribution in [0.15, 0.2) is 35.9 Å². The molecule has 3 nitrogen and oxygen atoms in total. The zero-order valence-electron chi connectivity index (χ0n) is 19.5. The summed E-state index contributed by atoms with van der Waals surface area (Å²) in [6.07, 6.45) is 11.4. The minimum atomic E-state index is -0.184.